The molecule has 1 fully saturated rings. The number of carbonyl (C=O) groups is 2. The Bertz CT molecular complexity index is 896. The van der Waals surface area contributed by atoms with E-state index in [0.29, 0.717) is 23.7 Å². The summed E-state index contributed by atoms with van der Waals surface area (Å²) in [5, 5.41) is 2.88. The molecule has 0 spiro atoms. The van der Waals surface area contributed by atoms with Gasteiger partial charge in [-0.25, -0.2) is 4.79 Å². The molecule has 3 amide bonds. The molecule has 0 saturated carbocycles. The van der Waals surface area contributed by atoms with Gasteiger partial charge in [-0.3, -0.25) is 9.69 Å². The monoisotopic (exact) mass is 368 g/mol. The maximum absolute atomic E-state index is 13.2. The highest BCUT2D eigenvalue weighted by molar-refractivity contribution is 6.07. The first kappa shape index (κ1) is 17.2. The zero-order valence-corrected chi connectivity index (χ0v) is 15.2. The van der Waals surface area contributed by atoms with Crippen LogP contribution in [0.5, 0.6) is 17.2 Å². The normalized spacial score (nSPS) is 20.7. The number of ether oxygens (including phenoxy) is 3. The number of nitrogens with one attached hydrogen (secondary N) is 1. The van der Waals surface area contributed by atoms with Gasteiger partial charge in [0.25, 0.3) is 5.91 Å². The van der Waals surface area contributed by atoms with E-state index in [-0.39, 0.29) is 19.2 Å². The third kappa shape index (κ3) is 2.75. The van der Waals surface area contributed by atoms with Gasteiger partial charge in [0.1, 0.15) is 11.3 Å². The number of fused-ring (bicyclic) bond motifs is 1. The van der Waals surface area contributed by atoms with Crippen LogP contribution in [0.1, 0.15) is 24.5 Å². The van der Waals surface area contributed by atoms with Crippen molar-refractivity contribution in [1.82, 2.24) is 10.2 Å². The highest BCUT2D eigenvalue weighted by Gasteiger charge is 2.51. The van der Waals surface area contributed by atoms with Gasteiger partial charge in [0.05, 0.1) is 13.7 Å². The average molecular weight is 368 g/mol. The van der Waals surface area contributed by atoms with Crippen LogP contribution in [0.25, 0.3) is 0 Å². The zero-order chi connectivity index (χ0) is 19.0. The summed E-state index contributed by atoms with van der Waals surface area (Å²) in [6.07, 6.45) is 0.446. The van der Waals surface area contributed by atoms with Crippen LogP contribution in [-0.4, -0.2) is 30.7 Å². The maximum Gasteiger partial charge on any atom is 0.325 e. The number of rotatable bonds is 5. The number of hydrogen-bond donors (Lipinski definition) is 1. The Morgan fingerprint density at radius 2 is 1.85 bits per heavy atom. The van der Waals surface area contributed by atoms with Gasteiger partial charge in [-0.05, 0) is 41.8 Å². The fourth-order valence-corrected chi connectivity index (χ4v) is 3.51. The van der Waals surface area contributed by atoms with Crippen molar-refractivity contribution in [2.75, 3.05) is 13.9 Å². The Hall–Kier alpha value is -3.22. The molecule has 0 bridgehead atoms. The smallest absolute Gasteiger partial charge is 0.325 e. The van der Waals surface area contributed by atoms with E-state index in [1.165, 1.54) is 4.90 Å². The van der Waals surface area contributed by atoms with E-state index in [9.17, 15) is 9.59 Å². The van der Waals surface area contributed by atoms with Crippen molar-refractivity contribution >= 4 is 11.9 Å². The molecule has 0 aliphatic carbocycles. The third-order valence-electron chi connectivity index (χ3n) is 5.07. The van der Waals surface area contributed by atoms with E-state index in [1.54, 1.807) is 31.4 Å². The minimum absolute atomic E-state index is 0.166. The summed E-state index contributed by atoms with van der Waals surface area (Å²) < 4.78 is 15.9. The van der Waals surface area contributed by atoms with E-state index < -0.39 is 11.6 Å². The predicted octanol–water partition coefficient (Wildman–Crippen LogP) is 2.78. The quantitative estimate of drug-likeness (QED) is 0.821. The second-order valence-corrected chi connectivity index (χ2v) is 6.50. The van der Waals surface area contributed by atoms with Gasteiger partial charge in [-0.15, -0.1) is 0 Å². The molecular weight excluding hydrogens is 348 g/mol. The Balaban J connectivity index is 1.61. The molecule has 1 N–H and O–H groups in total. The summed E-state index contributed by atoms with van der Waals surface area (Å²) in [4.78, 5) is 27.1. The van der Waals surface area contributed by atoms with Gasteiger partial charge >= 0.3 is 6.03 Å². The number of urea groups is 1. The predicted molar refractivity (Wildman–Crippen MR) is 96.6 cm³/mol. The van der Waals surface area contributed by atoms with E-state index >= 15 is 0 Å². The Labute approximate surface area is 156 Å². The summed E-state index contributed by atoms with van der Waals surface area (Å²) in [5.74, 6) is 1.71. The van der Waals surface area contributed by atoms with Gasteiger partial charge in [0.15, 0.2) is 11.5 Å². The molecule has 0 aromatic heterocycles. The molecule has 140 valence electrons. The summed E-state index contributed by atoms with van der Waals surface area (Å²) in [6.45, 7) is 2.23. The number of nitrogens with zero attached hydrogens (tertiary/aromatic N) is 1. The van der Waals surface area contributed by atoms with Gasteiger partial charge in [0.2, 0.25) is 6.79 Å². The van der Waals surface area contributed by atoms with Crippen LogP contribution in [0.3, 0.4) is 0 Å². The number of imide groups is 1. The molecule has 7 nitrogen and oxygen atoms in total. The van der Waals surface area contributed by atoms with E-state index in [1.807, 2.05) is 25.1 Å². The Morgan fingerprint density at radius 1 is 1.11 bits per heavy atom. The Morgan fingerprint density at radius 3 is 2.56 bits per heavy atom. The van der Waals surface area contributed by atoms with Crippen LogP contribution in [0.15, 0.2) is 42.5 Å². The number of carbonyl (C=O) groups excluding carboxylic acids is 2. The SMILES string of the molecule is CC[C@@]1(c2ccc(OC)cc2)NC(=O)N(Cc2ccc3c(c2)OCO3)C1=O. The molecule has 1 atom stereocenters. The zero-order valence-electron chi connectivity index (χ0n) is 15.2. The van der Waals surface area contributed by atoms with Gasteiger partial charge in [-0.2, -0.15) is 0 Å². The van der Waals surface area contributed by atoms with Crippen molar-refractivity contribution in [3.05, 3.63) is 53.6 Å². The average Bonchev–Trinajstić information content (AvgIpc) is 3.26. The van der Waals surface area contributed by atoms with Crippen molar-refractivity contribution in [2.45, 2.75) is 25.4 Å². The van der Waals surface area contributed by atoms with Crippen molar-refractivity contribution in [1.29, 1.82) is 0 Å². The summed E-state index contributed by atoms with van der Waals surface area (Å²) in [6, 6.07) is 12.2. The maximum atomic E-state index is 13.2. The minimum atomic E-state index is -1.07. The number of benzene rings is 2. The summed E-state index contributed by atoms with van der Waals surface area (Å²) in [7, 11) is 1.58. The second kappa shape index (κ2) is 6.50. The van der Waals surface area contributed by atoms with E-state index in [2.05, 4.69) is 5.32 Å². The third-order valence-corrected chi connectivity index (χ3v) is 5.07. The lowest BCUT2D eigenvalue weighted by molar-refractivity contribution is -0.132. The minimum Gasteiger partial charge on any atom is -0.497 e. The number of amides is 3. The highest BCUT2D eigenvalue weighted by Crippen LogP contribution is 2.36. The van der Waals surface area contributed by atoms with E-state index in [4.69, 9.17) is 14.2 Å². The molecule has 2 aliphatic rings. The molecule has 2 aromatic carbocycles. The highest BCUT2D eigenvalue weighted by atomic mass is 16.7. The first-order valence-corrected chi connectivity index (χ1v) is 8.74. The molecule has 0 unspecified atom stereocenters. The van der Waals surface area contributed by atoms with Crippen molar-refractivity contribution in [3.8, 4) is 17.2 Å². The summed E-state index contributed by atoms with van der Waals surface area (Å²) in [5.41, 5.74) is 0.460. The molecule has 1 saturated heterocycles. The van der Waals surface area contributed by atoms with Crippen LogP contribution >= 0.6 is 0 Å². The molecular formula is C20H20N2O5. The van der Waals surface area contributed by atoms with Gasteiger partial charge in [0, 0.05) is 0 Å². The van der Waals surface area contributed by atoms with E-state index in [0.717, 1.165) is 11.1 Å². The molecule has 27 heavy (non-hydrogen) atoms. The van der Waals surface area contributed by atoms with Crippen molar-refractivity contribution < 1.29 is 23.8 Å². The summed E-state index contributed by atoms with van der Waals surface area (Å²) >= 11 is 0. The van der Waals surface area contributed by atoms with Gasteiger partial charge < -0.3 is 19.5 Å². The van der Waals surface area contributed by atoms with Crippen LogP contribution in [0.2, 0.25) is 0 Å². The number of hydrogen-bond acceptors (Lipinski definition) is 5. The molecule has 2 aliphatic heterocycles. The topological polar surface area (TPSA) is 77.1 Å². The lowest BCUT2D eigenvalue weighted by Crippen LogP contribution is -2.43. The fraction of sp³-hybridized carbons (Fsp3) is 0.300. The molecule has 7 heteroatoms. The molecule has 2 aromatic rings. The van der Waals surface area contributed by atoms with Crippen molar-refractivity contribution in [2.24, 2.45) is 0 Å². The molecule has 0 radical (unpaired) electrons. The fourth-order valence-electron chi connectivity index (χ4n) is 3.51. The largest absolute Gasteiger partial charge is 0.497 e. The Kier molecular flexibility index (Phi) is 4.14. The first-order valence-electron chi connectivity index (χ1n) is 8.74. The lowest BCUT2D eigenvalue weighted by atomic mass is 9.87. The van der Waals surface area contributed by atoms with Gasteiger partial charge in [-0.1, -0.05) is 25.1 Å². The molecule has 2 heterocycles. The lowest BCUT2D eigenvalue weighted by Gasteiger charge is -2.26. The van der Waals surface area contributed by atoms with Crippen LogP contribution in [0.4, 0.5) is 4.79 Å². The molecule has 4 rings (SSSR count). The second-order valence-electron chi connectivity index (χ2n) is 6.50. The number of methoxy groups -OCH3 is 1. The van der Waals surface area contributed by atoms with Crippen LogP contribution < -0.4 is 19.5 Å². The first-order chi connectivity index (χ1) is 13.1. The standard InChI is InChI=1S/C20H20N2O5/c1-3-20(14-5-7-15(25-2)8-6-14)18(23)22(19(24)21-20)11-13-4-9-16-17(10-13)27-12-26-16/h4-10H,3,11-12H2,1-2H3,(H,21,24)/t20-/m0/s1. The van der Waals surface area contributed by atoms with Crippen LogP contribution in [-0.2, 0) is 16.9 Å². The van der Waals surface area contributed by atoms with Crippen molar-refractivity contribution in [3.63, 3.8) is 0 Å². The van der Waals surface area contributed by atoms with Crippen LogP contribution in [0, 0.1) is 0 Å².